The van der Waals surface area contributed by atoms with E-state index >= 15 is 0 Å². The van der Waals surface area contributed by atoms with E-state index < -0.39 is 9.84 Å². The minimum absolute atomic E-state index is 0.260. The fraction of sp³-hybridized carbons (Fsp3) is 0.438. The van der Waals surface area contributed by atoms with Crippen LogP contribution in [0.15, 0.2) is 29.2 Å². The number of hydrogen-bond acceptors (Lipinski definition) is 5. The molecule has 1 saturated carbocycles. The summed E-state index contributed by atoms with van der Waals surface area (Å²) in [6.07, 6.45) is 6.08. The molecule has 3 rings (SSSR count). The van der Waals surface area contributed by atoms with Gasteiger partial charge in [-0.05, 0) is 50.3 Å². The van der Waals surface area contributed by atoms with Gasteiger partial charge in [-0.2, -0.15) is 0 Å². The highest BCUT2D eigenvalue weighted by Crippen LogP contribution is 2.37. The van der Waals surface area contributed by atoms with E-state index in [1.54, 1.807) is 23.5 Å². The van der Waals surface area contributed by atoms with Gasteiger partial charge in [-0.1, -0.05) is 12.1 Å². The van der Waals surface area contributed by atoms with E-state index in [2.05, 4.69) is 4.98 Å². The Bertz CT molecular complexity index is 757. The third-order valence-corrected chi connectivity index (χ3v) is 5.96. The number of aryl methyl sites for hydroxylation is 1. The van der Waals surface area contributed by atoms with Crippen molar-refractivity contribution >= 4 is 21.2 Å². The van der Waals surface area contributed by atoms with Crippen molar-refractivity contribution in [1.82, 2.24) is 4.98 Å². The molecule has 0 amide bonds. The van der Waals surface area contributed by atoms with Gasteiger partial charge in [0.15, 0.2) is 9.84 Å². The summed E-state index contributed by atoms with van der Waals surface area (Å²) in [6.45, 7) is 1.96. The van der Waals surface area contributed by atoms with Crippen molar-refractivity contribution in [2.24, 2.45) is 0 Å². The summed E-state index contributed by atoms with van der Waals surface area (Å²) in [4.78, 5) is 5.81. The van der Waals surface area contributed by atoms with E-state index in [0.29, 0.717) is 10.8 Å². The lowest BCUT2D eigenvalue weighted by Crippen LogP contribution is -2.11. The van der Waals surface area contributed by atoms with Gasteiger partial charge < -0.3 is 4.74 Å². The monoisotopic (exact) mass is 337 g/mol. The van der Waals surface area contributed by atoms with Crippen molar-refractivity contribution in [2.75, 3.05) is 6.26 Å². The van der Waals surface area contributed by atoms with E-state index in [1.165, 1.54) is 19.1 Å². The van der Waals surface area contributed by atoms with Crippen LogP contribution in [0.2, 0.25) is 0 Å². The lowest BCUT2D eigenvalue weighted by molar-refractivity contribution is 0.203. The van der Waals surface area contributed by atoms with Crippen molar-refractivity contribution in [2.45, 2.75) is 43.6 Å². The summed E-state index contributed by atoms with van der Waals surface area (Å²) in [5, 5.41) is 0.954. The van der Waals surface area contributed by atoms with Gasteiger partial charge in [-0.25, -0.2) is 13.4 Å². The van der Waals surface area contributed by atoms with Crippen LogP contribution in [0, 0.1) is 6.92 Å². The molecule has 0 saturated heterocycles. The first-order valence-electron chi connectivity index (χ1n) is 7.38. The van der Waals surface area contributed by atoms with Crippen LogP contribution >= 0.6 is 11.3 Å². The molecule has 2 aromatic rings. The van der Waals surface area contributed by atoms with Gasteiger partial charge in [0.05, 0.1) is 14.8 Å². The van der Waals surface area contributed by atoms with E-state index in [4.69, 9.17) is 4.74 Å². The Kier molecular flexibility index (Phi) is 4.23. The first kappa shape index (κ1) is 15.5. The number of ether oxygens (including phenoxy) is 1. The molecule has 22 heavy (non-hydrogen) atoms. The maximum atomic E-state index is 11.5. The molecule has 0 unspecified atom stereocenters. The molecule has 0 spiro atoms. The fourth-order valence-corrected chi connectivity index (χ4v) is 4.18. The van der Waals surface area contributed by atoms with Gasteiger partial charge in [-0.3, -0.25) is 0 Å². The predicted octanol–water partition coefficient (Wildman–Crippen LogP) is 3.84. The molecular formula is C16H19NO3S2. The number of sulfone groups is 1. The molecule has 1 aromatic heterocycles. The lowest BCUT2D eigenvalue weighted by Gasteiger charge is -2.12. The highest BCUT2D eigenvalue weighted by Gasteiger charge is 2.21. The minimum atomic E-state index is -3.17. The molecule has 6 heteroatoms. The molecule has 118 valence electrons. The summed E-state index contributed by atoms with van der Waals surface area (Å²) in [7, 11) is -3.17. The van der Waals surface area contributed by atoms with Crippen LogP contribution in [-0.4, -0.2) is 25.8 Å². The Morgan fingerprint density at radius 1 is 1.18 bits per heavy atom. The number of benzene rings is 1. The maximum Gasteiger partial charge on any atom is 0.233 e. The van der Waals surface area contributed by atoms with Crippen LogP contribution in [0.3, 0.4) is 0 Å². The predicted molar refractivity (Wildman–Crippen MR) is 88.3 cm³/mol. The Morgan fingerprint density at radius 2 is 1.82 bits per heavy atom. The molecule has 1 aliphatic carbocycles. The number of thiazole rings is 1. The van der Waals surface area contributed by atoms with Crippen molar-refractivity contribution in [3.8, 4) is 16.3 Å². The smallest absolute Gasteiger partial charge is 0.233 e. The molecule has 0 radical (unpaired) electrons. The highest BCUT2D eigenvalue weighted by atomic mass is 32.2. The third kappa shape index (κ3) is 3.33. The number of nitrogens with zero attached hydrogens (tertiary/aromatic N) is 1. The second kappa shape index (κ2) is 6.01. The van der Waals surface area contributed by atoms with E-state index in [-0.39, 0.29) is 6.10 Å². The number of aromatic nitrogens is 1. The highest BCUT2D eigenvalue weighted by molar-refractivity contribution is 7.90. The summed E-state index contributed by atoms with van der Waals surface area (Å²) >= 11 is 1.58. The van der Waals surface area contributed by atoms with Crippen molar-refractivity contribution in [1.29, 1.82) is 0 Å². The zero-order valence-electron chi connectivity index (χ0n) is 12.7. The van der Waals surface area contributed by atoms with Gasteiger partial charge in [0, 0.05) is 6.26 Å². The van der Waals surface area contributed by atoms with Gasteiger partial charge in [0.25, 0.3) is 0 Å². The van der Waals surface area contributed by atoms with Crippen molar-refractivity contribution in [3.63, 3.8) is 0 Å². The normalized spacial score (nSPS) is 16.1. The Balaban J connectivity index is 1.90. The van der Waals surface area contributed by atoms with E-state index in [9.17, 15) is 8.42 Å². The van der Waals surface area contributed by atoms with Crippen LogP contribution in [0.25, 0.3) is 10.4 Å². The SMILES string of the molecule is Cc1nc(OC2CCCC2)c(-c2ccc(S(C)(=O)=O)cc2)s1. The first-order chi connectivity index (χ1) is 10.4. The van der Waals surface area contributed by atoms with Gasteiger partial charge in [0.1, 0.15) is 6.10 Å². The maximum absolute atomic E-state index is 11.5. The van der Waals surface area contributed by atoms with Crippen LogP contribution in [-0.2, 0) is 9.84 Å². The molecule has 0 bridgehead atoms. The first-order valence-corrected chi connectivity index (χ1v) is 10.1. The zero-order chi connectivity index (χ0) is 15.7. The molecular weight excluding hydrogens is 318 g/mol. The average Bonchev–Trinajstić information content (AvgIpc) is 3.08. The Morgan fingerprint density at radius 3 is 2.41 bits per heavy atom. The van der Waals surface area contributed by atoms with Gasteiger partial charge in [-0.15, -0.1) is 11.3 Å². The van der Waals surface area contributed by atoms with E-state index in [1.807, 2.05) is 19.1 Å². The molecule has 0 atom stereocenters. The second-order valence-electron chi connectivity index (χ2n) is 5.69. The van der Waals surface area contributed by atoms with Gasteiger partial charge >= 0.3 is 0 Å². The quantitative estimate of drug-likeness (QED) is 0.850. The molecule has 1 aromatic carbocycles. The number of rotatable bonds is 4. The lowest BCUT2D eigenvalue weighted by atomic mass is 10.2. The fourth-order valence-electron chi connectivity index (χ4n) is 2.69. The van der Waals surface area contributed by atoms with Crippen LogP contribution < -0.4 is 4.74 Å². The Hall–Kier alpha value is -1.40. The summed E-state index contributed by atoms with van der Waals surface area (Å²) in [5.74, 6) is 0.682. The van der Waals surface area contributed by atoms with Gasteiger partial charge in [0.2, 0.25) is 5.88 Å². The summed E-state index contributed by atoms with van der Waals surface area (Å²) < 4.78 is 29.2. The molecule has 4 nitrogen and oxygen atoms in total. The zero-order valence-corrected chi connectivity index (χ0v) is 14.3. The molecule has 1 fully saturated rings. The Labute approximate surface area is 135 Å². The average molecular weight is 337 g/mol. The number of hydrogen-bond donors (Lipinski definition) is 0. The summed E-state index contributed by atoms with van der Waals surface area (Å²) in [6, 6.07) is 6.92. The third-order valence-electron chi connectivity index (χ3n) is 3.83. The molecule has 1 heterocycles. The van der Waals surface area contributed by atoms with Crippen molar-refractivity contribution < 1.29 is 13.2 Å². The van der Waals surface area contributed by atoms with Crippen LogP contribution in [0.4, 0.5) is 0 Å². The molecule has 0 N–H and O–H groups in total. The largest absolute Gasteiger partial charge is 0.473 e. The standard InChI is InChI=1S/C16H19NO3S2/c1-11-17-16(20-13-5-3-4-6-13)15(21-11)12-7-9-14(10-8-12)22(2,18)19/h7-10,13H,3-6H2,1-2H3. The molecule has 1 aliphatic rings. The summed E-state index contributed by atoms with van der Waals surface area (Å²) in [5.41, 5.74) is 0.950. The van der Waals surface area contributed by atoms with Crippen molar-refractivity contribution in [3.05, 3.63) is 29.3 Å². The minimum Gasteiger partial charge on any atom is -0.473 e. The molecule has 0 aliphatic heterocycles. The topological polar surface area (TPSA) is 56.3 Å². The van der Waals surface area contributed by atoms with E-state index in [0.717, 1.165) is 28.3 Å². The van der Waals surface area contributed by atoms with Crippen LogP contribution in [0.1, 0.15) is 30.7 Å². The van der Waals surface area contributed by atoms with Crippen LogP contribution in [0.5, 0.6) is 5.88 Å². The second-order valence-corrected chi connectivity index (χ2v) is 8.91.